The second-order valence-electron chi connectivity index (χ2n) is 2.48. The van der Waals surface area contributed by atoms with Crippen molar-refractivity contribution in [1.82, 2.24) is 0 Å². The summed E-state index contributed by atoms with van der Waals surface area (Å²) in [6.07, 6.45) is 0.755. The Hall–Kier alpha value is -0.0400. The van der Waals surface area contributed by atoms with E-state index in [4.69, 9.17) is 21.7 Å². The molecule has 0 aromatic carbocycles. The summed E-state index contributed by atoms with van der Waals surface area (Å²) in [6, 6.07) is 2.04. The Bertz CT molecular complexity index is 268. The first-order valence-corrected chi connectivity index (χ1v) is 8.34. The minimum atomic E-state index is -1.93. The standard InChI is InChI=1S/C7H13N2OPS2/c1-4-11(12,13-6-5-8)10-9-7(2)3/h4,6H2,1-3H3. The Morgan fingerprint density at radius 2 is 2.31 bits per heavy atom. The van der Waals surface area contributed by atoms with Gasteiger partial charge in [-0.15, -0.1) is 0 Å². The first-order chi connectivity index (χ1) is 6.04. The van der Waals surface area contributed by atoms with Crippen molar-refractivity contribution in [2.24, 2.45) is 5.16 Å². The van der Waals surface area contributed by atoms with Crippen LogP contribution in [0.1, 0.15) is 20.8 Å². The molecule has 1 atom stereocenters. The highest BCUT2D eigenvalue weighted by atomic mass is 32.9. The van der Waals surface area contributed by atoms with E-state index in [1.165, 1.54) is 11.4 Å². The third-order valence-electron chi connectivity index (χ3n) is 1.06. The molecule has 6 heteroatoms. The van der Waals surface area contributed by atoms with Crippen LogP contribution in [0.3, 0.4) is 0 Å². The fourth-order valence-electron chi connectivity index (χ4n) is 0.444. The van der Waals surface area contributed by atoms with E-state index < -0.39 is 5.47 Å². The molecule has 0 saturated carbocycles. The van der Waals surface area contributed by atoms with Gasteiger partial charge in [0.1, 0.15) is 0 Å². The molecule has 0 fully saturated rings. The van der Waals surface area contributed by atoms with Crippen molar-refractivity contribution in [2.45, 2.75) is 20.8 Å². The van der Waals surface area contributed by atoms with Crippen LogP contribution in [0.5, 0.6) is 0 Å². The molecule has 0 aromatic rings. The van der Waals surface area contributed by atoms with Gasteiger partial charge in [0.2, 0.25) is 0 Å². The maximum atomic E-state index is 8.41. The van der Waals surface area contributed by atoms with E-state index in [2.05, 4.69) is 5.16 Å². The van der Waals surface area contributed by atoms with Gasteiger partial charge in [0.05, 0.1) is 17.5 Å². The number of hydrogen-bond donors (Lipinski definition) is 0. The van der Waals surface area contributed by atoms with Crippen LogP contribution in [0.2, 0.25) is 0 Å². The lowest BCUT2D eigenvalue weighted by Crippen LogP contribution is -1.88. The second kappa shape index (κ2) is 6.42. The molecule has 0 aliphatic carbocycles. The van der Waals surface area contributed by atoms with Crippen molar-refractivity contribution >= 4 is 34.4 Å². The first-order valence-electron chi connectivity index (χ1n) is 3.84. The van der Waals surface area contributed by atoms with Gasteiger partial charge in [-0.25, -0.2) is 0 Å². The summed E-state index contributed by atoms with van der Waals surface area (Å²) in [5.41, 5.74) is -1.08. The fraction of sp³-hybridized carbons (Fsp3) is 0.714. The molecule has 0 bridgehead atoms. The van der Waals surface area contributed by atoms with E-state index in [0.717, 1.165) is 11.9 Å². The molecular weight excluding hydrogens is 223 g/mol. The van der Waals surface area contributed by atoms with Crippen molar-refractivity contribution in [3.05, 3.63) is 0 Å². The van der Waals surface area contributed by atoms with Crippen molar-refractivity contribution in [3.63, 3.8) is 0 Å². The van der Waals surface area contributed by atoms with Gasteiger partial charge in [-0.3, -0.25) is 0 Å². The summed E-state index contributed by atoms with van der Waals surface area (Å²) in [6.45, 7) is 5.67. The van der Waals surface area contributed by atoms with Crippen molar-refractivity contribution in [1.29, 1.82) is 5.26 Å². The highest BCUT2D eigenvalue weighted by Crippen LogP contribution is 2.59. The molecule has 0 saturated heterocycles. The molecule has 0 aromatic heterocycles. The van der Waals surface area contributed by atoms with Crippen LogP contribution >= 0.6 is 16.8 Å². The first kappa shape index (κ1) is 13.0. The average molecular weight is 236 g/mol. The number of oxime groups is 1. The summed E-state index contributed by atoms with van der Waals surface area (Å²) in [7, 11) is 0. The Balaban J connectivity index is 4.22. The normalized spacial score (nSPS) is 14.0. The van der Waals surface area contributed by atoms with Gasteiger partial charge in [-0.05, 0) is 25.7 Å². The molecule has 0 aliphatic heterocycles. The molecule has 0 rings (SSSR count). The molecule has 13 heavy (non-hydrogen) atoms. The second-order valence-corrected chi connectivity index (χ2v) is 10.1. The van der Waals surface area contributed by atoms with E-state index in [0.29, 0.717) is 5.75 Å². The molecule has 1 unspecified atom stereocenters. The topological polar surface area (TPSA) is 45.4 Å². The third kappa shape index (κ3) is 6.09. The largest absolute Gasteiger partial charge is 0.359 e. The lowest BCUT2D eigenvalue weighted by molar-refractivity contribution is 0.387. The van der Waals surface area contributed by atoms with Crippen LogP contribution < -0.4 is 0 Å². The van der Waals surface area contributed by atoms with Gasteiger partial charge in [0.25, 0.3) is 0 Å². The van der Waals surface area contributed by atoms with Crippen molar-refractivity contribution in [3.8, 4) is 6.07 Å². The van der Waals surface area contributed by atoms with Crippen LogP contribution in [-0.4, -0.2) is 17.6 Å². The van der Waals surface area contributed by atoms with E-state index in [1.807, 2.05) is 26.8 Å². The maximum absolute atomic E-state index is 8.41. The van der Waals surface area contributed by atoms with Gasteiger partial charge in [-0.1, -0.05) is 23.5 Å². The summed E-state index contributed by atoms with van der Waals surface area (Å²) < 4.78 is 5.27. The molecule has 3 nitrogen and oxygen atoms in total. The smallest absolute Gasteiger partial charge is 0.199 e. The van der Waals surface area contributed by atoms with Gasteiger partial charge < -0.3 is 4.62 Å². The highest BCUT2D eigenvalue weighted by Gasteiger charge is 2.16. The maximum Gasteiger partial charge on any atom is 0.199 e. The summed E-state index contributed by atoms with van der Waals surface area (Å²) in [5.74, 6) is 0.378. The van der Waals surface area contributed by atoms with E-state index in [9.17, 15) is 0 Å². The van der Waals surface area contributed by atoms with Crippen LogP contribution in [0.4, 0.5) is 0 Å². The Labute approximate surface area is 88.4 Å². The summed E-state index contributed by atoms with van der Waals surface area (Å²) in [5, 5.41) is 12.3. The molecule has 0 amide bonds. The average Bonchev–Trinajstić information content (AvgIpc) is 2.11. The fourth-order valence-corrected chi connectivity index (χ4v) is 3.46. The van der Waals surface area contributed by atoms with Gasteiger partial charge in [0.15, 0.2) is 5.47 Å². The molecule has 74 valence electrons. The summed E-state index contributed by atoms with van der Waals surface area (Å²) in [4.78, 5) is 0. The minimum Gasteiger partial charge on any atom is -0.359 e. The lowest BCUT2D eigenvalue weighted by Gasteiger charge is -2.14. The molecule has 0 radical (unpaired) electrons. The van der Waals surface area contributed by atoms with Crippen LogP contribution in [0.15, 0.2) is 5.16 Å². The SMILES string of the molecule is CCP(=S)(ON=C(C)C)SCC#N. The van der Waals surface area contributed by atoms with Crippen molar-refractivity contribution in [2.75, 3.05) is 11.9 Å². The predicted octanol–water partition coefficient (Wildman–Crippen LogP) is 2.98. The van der Waals surface area contributed by atoms with Crippen molar-refractivity contribution < 1.29 is 4.62 Å². The van der Waals surface area contributed by atoms with Gasteiger partial charge in [0, 0.05) is 6.16 Å². The molecule has 0 N–H and O–H groups in total. The van der Waals surface area contributed by atoms with Crippen LogP contribution in [0, 0.1) is 11.3 Å². The van der Waals surface area contributed by atoms with E-state index >= 15 is 0 Å². The summed E-state index contributed by atoms with van der Waals surface area (Å²) >= 11 is 6.68. The Morgan fingerprint density at radius 1 is 1.69 bits per heavy atom. The van der Waals surface area contributed by atoms with Crippen LogP contribution in [0.25, 0.3) is 0 Å². The zero-order valence-corrected chi connectivity index (χ0v) is 10.5. The highest BCUT2D eigenvalue weighted by molar-refractivity contribution is 8.69. The molecular formula is C7H13N2OPS2. The third-order valence-corrected chi connectivity index (χ3v) is 7.28. The monoisotopic (exact) mass is 236 g/mol. The van der Waals surface area contributed by atoms with Gasteiger partial charge >= 0.3 is 0 Å². The minimum absolute atomic E-state index is 0.378. The quantitative estimate of drug-likeness (QED) is 0.418. The van der Waals surface area contributed by atoms with E-state index in [1.54, 1.807) is 0 Å². The van der Waals surface area contributed by atoms with Gasteiger partial charge in [-0.2, -0.15) is 5.26 Å². The zero-order valence-electron chi connectivity index (χ0n) is 7.98. The van der Waals surface area contributed by atoms with Crippen LogP contribution in [-0.2, 0) is 16.4 Å². The molecule has 0 aliphatic rings. The number of hydrogen-bond acceptors (Lipinski definition) is 5. The zero-order chi connectivity index (χ0) is 10.3. The predicted molar refractivity (Wildman–Crippen MR) is 62.8 cm³/mol. The number of rotatable bonds is 5. The lowest BCUT2D eigenvalue weighted by atomic mass is 10.5. The number of nitrogens with zero attached hydrogens (tertiary/aromatic N) is 2. The number of nitriles is 1. The Kier molecular flexibility index (Phi) is 6.40. The molecule has 0 spiro atoms. The Morgan fingerprint density at radius 3 is 2.69 bits per heavy atom. The molecule has 0 heterocycles. The van der Waals surface area contributed by atoms with E-state index in [-0.39, 0.29) is 0 Å².